The van der Waals surface area contributed by atoms with Crippen LogP contribution in [0.4, 0.5) is 5.95 Å². The number of sulfonamides is 1. The van der Waals surface area contributed by atoms with Crippen molar-refractivity contribution < 1.29 is 8.42 Å². The van der Waals surface area contributed by atoms with Crippen molar-refractivity contribution in [3.63, 3.8) is 0 Å². The molecule has 0 amide bonds. The summed E-state index contributed by atoms with van der Waals surface area (Å²) in [5.74, 6) is 0.469. The predicted octanol–water partition coefficient (Wildman–Crippen LogP) is 1.75. The number of imidazole rings is 1. The molecule has 0 aliphatic heterocycles. The molecule has 0 atom stereocenters. The normalized spacial score (nSPS) is 11.9. The molecule has 0 spiro atoms. The van der Waals surface area contributed by atoms with Crippen LogP contribution in [0.25, 0.3) is 0 Å². The van der Waals surface area contributed by atoms with Gasteiger partial charge >= 0.3 is 0 Å². The monoisotopic (exact) mass is 309 g/mol. The summed E-state index contributed by atoms with van der Waals surface area (Å²) in [6, 6.07) is 1.77. The van der Waals surface area contributed by atoms with Crippen molar-refractivity contribution in [2.75, 3.05) is 4.72 Å². The lowest BCUT2D eigenvalue weighted by molar-refractivity contribution is 0.522. The SMILES string of the molecule is Cc1cc(C)nc(NS(=O)(=O)c2cn(CC(C)C)cn2)n1. The van der Waals surface area contributed by atoms with Gasteiger partial charge in [0.25, 0.3) is 10.0 Å². The molecule has 0 saturated carbocycles. The van der Waals surface area contributed by atoms with Gasteiger partial charge in [-0.2, -0.15) is 8.42 Å². The Labute approximate surface area is 124 Å². The van der Waals surface area contributed by atoms with Gasteiger partial charge in [-0.15, -0.1) is 0 Å². The lowest BCUT2D eigenvalue weighted by atomic mass is 10.2. The molecule has 0 aliphatic carbocycles. The smallest absolute Gasteiger partial charge is 0.283 e. The molecule has 0 unspecified atom stereocenters. The van der Waals surface area contributed by atoms with Gasteiger partial charge in [0.05, 0.1) is 6.33 Å². The van der Waals surface area contributed by atoms with Gasteiger partial charge in [0.15, 0.2) is 5.03 Å². The van der Waals surface area contributed by atoms with Crippen molar-refractivity contribution in [2.24, 2.45) is 5.92 Å². The van der Waals surface area contributed by atoms with E-state index in [0.717, 1.165) is 0 Å². The molecule has 7 nitrogen and oxygen atoms in total. The molecule has 8 heteroatoms. The van der Waals surface area contributed by atoms with Gasteiger partial charge in [0.1, 0.15) is 0 Å². The fourth-order valence-corrected chi connectivity index (χ4v) is 2.84. The van der Waals surface area contributed by atoms with E-state index in [1.165, 1.54) is 12.5 Å². The van der Waals surface area contributed by atoms with Crippen LogP contribution in [-0.4, -0.2) is 27.9 Å². The summed E-state index contributed by atoms with van der Waals surface area (Å²) in [5.41, 5.74) is 1.40. The highest BCUT2D eigenvalue weighted by atomic mass is 32.2. The fourth-order valence-electron chi connectivity index (χ4n) is 1.94. The Bertz CT molecular complexity index is 717. The van der Waals surface area contributed by atoms with E-state index < -0.39 is 10.0 Å². The molecule has 1 N–H and O–H groups in total. The van der Waals surface area contributed by atoms with E-state index in [-0.39, 0.29) is 11.0 Å². The Morgan fingerprint density at radius 2 is 1.86 bits per heavy atom. The summed E-state index contributed by atoms with van der Waals surface area (Å²) in [7, 11) is -3.77. The Morgan fingerprint density at radius 3 is 2.43 bits per heavy atom. The van der Waals surface area contributed by atoms with Gasteiger partial charge in [-0.05, 0) is 25.8 Å². The molecule has 114 valence electrons. The van der Waals surface area contributed by atoms with Crippen LogP contribution in [-0.2, 0) is 16.6 Å². The van der Waals surface area contributed by atoms with Gasteiger partial charge in [0, 0.05) is 24.1 Å². The Kier molecular flexibility index (Phi) is 4.26. The van der Waals surface area contributed by atoms with Crippen LogP contribution in [0.3, 0.4) is 0 Å². The minimum absolute atomic E-state index is 0.0362. The molecular formula is C13H19N5O2S. The summed E-state index contributed by atoms with van der Waals surface area (Å²) in [6.45, 7) is 8.38. The van der Waals surface area contributed by atoms with Gasteiger partial charge in [-0.3, -0.25) is 0 Å². The van der Waals surface area contributed by atoms with Crippen molar-refractivity contribution in [2.45, 2.75) is 39.3 Å². The van der Waals surface area contributed by atoms with Crippen molar-refractivity contribution in [1.82, 2.24) is 19.5 Å². The van der Waals surface area contributed by atoms with Crippen LogP contribution in [0.2, 0.25) is 0 Å². The molecule has 0 bridgehead atoms. The fraction of sp³-hybridized carbons (Fsp3) is 0.462. The van der Waals surface area contributed by atoms with Crippen LogP contribution in [0.1, 0.15) is 25.2 Å². The average Bonchev–Trinajstić information content (AvgIpc) is 2.74. The first-order chi connectivity index (χ1) is 9.76. The molecule has 2 aromatic heterocycles. The highest BCUT2D eigenvalue weighted by Gasteiger charge is 2.19. The summed E-state index contributed by atoms with van der Waals surface area (Å²) in [4.78, 5) is 12.1. The Morgan fingerprint density at radius 1 is 1.24 bits per heavy atom. The molecule has 0 saturated heterocycles. The van der Waals surface area contributed by atoms with Crippen molar-refractivity contribution in [3.8, 4) is 0 Å². The number of nitrogens with one attached hydrogen (secondary N) is 1. The molecule has 2 aromatic rings. The second-order valence-corrected chi connectivity index (χ2v) is 7.01. The molecular weight excluding hydrogens is 290 g/mol. The maximum atomic E-state index is 12.3. The van der Waals surface area contributed by atoms with Crippen LogP contribution in [0.15, 0.2) is 23.6 Å². The Hall–Kier alpha value is -1.96. The number of rotatable bonds is 5. The first-order valence-corrected chi connectivity index (χ1v) is 8.11. The van der Waals surface area contributed by atoms with E-state index in [1.807, 2.05) is 0 Å². The minimum atomic E-state index is -3.77. The third-order valence-corrected chi connectivity index (χ3v) is 3.88. The number of hydrogen-bond donors (Lipinski definition) is 1. The lowest BCUT2D eigenvalue weighted by Gasteiger charge is -2.06. The van der Waals surface area contributed by atoms with Gasteiger partial charge in [0.2, 0.25) is 5.95 Å². The van der Waals surface area contributed by atoms with Crippen LogP contribution < -0.4 is 4.72 Å². The van der Waals surface area contributed by atoms with Gasteiger partial charge < -0.3 is 4.57 Å². The molecule has 2 heterocycles. The van der Waals surface area contributed by atoms with Crippen molar-refractivity contribution >= 4 is 16.0 Å². The topological polar surface area (TPSA) is 89.8 Å². The number of aryl methyl sites for hydroxylation is 2. The lowest BCUT2D eigenvalue weighted by Crippen LogP contribution is -2.16. The zero-order valence-corrected chi connectivity index (χ0v) is 13.3. The second kappa shape index (κ2) is 5.80. The predicted molar refractivity (Wildman–Crippen MR) is 79.4 cm³/mol. The summed E-state index contributed by atoms with van der Waals surface area (Å²) >= 11 is 0. The number of anilines is 1. The van der Waals surface area contributed by atoms with E-state index in [1.54, 1.807) is 24.5 Å². The van der Waals surface area contributed by atoms with Crippen molar-refractivity contribution in [3.05, 3.63) is 30.0 Å². The van der Waals surface area contributed by atoms with Crippen LogP contribution in [0, 0.1) is 19.8 Å². The van der Waals surface area contributed by atoms with Crippen molar-refractivity contribution in [1.29, 1.82) is 0 Å². The van der Waals surface area contributed by atoms with E-state index in [0.29, 0.717) is 23.9 Å². The largest absolute Gasteiger partial charge is 0.336 e. The number of aromatic nitrogens is 4. The average molecular weight is 309 g/mol. The van der Waals surface area contributed by atoms with E-state index in [2.05, 4.69) is 33.5 Å². The van der Waals surface area contributed by atoms with Gasteiger partial charge in [-0.1, -0.05) is 13.8 Å². The maximum Gasteiger partial charge on any atom is 0.283 e. The molecule has 0 radical (unpaired) electrons. The third-order valence-electron chi connectivity index (χ3n) is 2.67. The molecule has 0 aromatic carbocycles. The molecule has 21 heavy (non-hydrogen) atoms. The zero-order chi connectivity index (χ0) is 15.6. The highest BCUT2D eigenvalue weighted by molar-refractivity contribution is 7.92. The first kappa shape index (κ1) is 15.4. The summed E-state index contributed by atoms with van der Waals surface area (Å²) in [6.07, 6.45) is 3.02. The van der Waals surface area contributed by atoms with Crippen LogP contribution in [0.5, 0.6) is 0 Å². The van der Waals surface area contributed by atoms with Gasteiger partial charge in [-0.25, -0.2) is 19.7 Å². The summed E-state index contributed by atoms with van der Waals surface area (Å²) in [5, 5.41) is -0.0362. The molecule has 0 aliphatic rings. The van der Waals surface area contributed by atoms with E-state index in [4.69, 9.17) is 0 Å². The maximum absolute atomic E-state index is 12.3. The quantitative estimate of drug-likeness (QED) is 0.908. The first-order valence-electron chi connectivity index (χ1n) is 6.63. The molecule has 2 rings (SSSR count). The number of hydrogen-bond acceptors (Lipinski definition) is 5. The third kappa shape index (κ3) is 4.01. The summed E-state index contributed by atoms with van der Waals surface area (Å²) < 4.78 is 28.6. The van der Waals surface area contributed by atoms with E-state index in [9.17, 15) is 8.42 Å². The highest BCUT2D eigenvalue weighted by Crippen LogP contribution is 2.12. The standard InChI is InChI=1S/C13H19N5O2S/c1-9(2)6-18-7-12(14-8-18)21(19,20)17-13-15-10(3)5-11(4)16-13/h5,7-9H,6H2,1-4H3,(H,15,16,17). The molecule has 0 fully saturated rings. The zero-order valence-electron chi connectivity index (χ0n) is 12.5. The number of nitrogens with zero attached hydrogens (tertiary/aromatic N) is 4. The van der Waals surface area contributed by atoms with E-state index >= 15 is 0 Å². The Balaban J connectivity index is 2.23. The minimum Gasteiger partial charge on any atom is -0.336 e. The second-order valence-electron chi connectivity index (χ2n) is 5.38. The van der Waals surface area contributed by atoms with Crippen LogP contribution >= 0.6 is 0 Å².